The predicted molar refractivity (Wildman–Crippen MR) is 126 cm³/mol. The molecule has 0 spiro atoms. The van der Waals surface area contributed by atoms with Crippen molar-refractivity contribution in [2.75, 3.05) is 57.6 Å². The Kier molecular flexibility index (Phi) is 6.31. The van der Waals surface area contributed by atoms with Crippen LogP contribution in [0.2, 0.25) is 0 Å². The molecule has 0 bridgehead atoms. The lowest BCUT2D eigenvalue weighted by Gasteiger charge is -2.26. The number of nitrogens with zero attached hydrogens (tertiary/aromatic N) is 7. The highest BCUT2D eigenvalue weighted by molar-refractivity contribution is 5.80. The van der Waals surface area contributed by atoms with Crippen LogP contribution in [0.25, 0.3) is 17.0 Å². The van der Waals surface area contributed by atoms with Crippen LogP contribution >= 0.6 is 0 Å². The summed E-state index contributed by atoms with van der Waals surface area (Å²) in [6.45, 7) is 4.60. The lowest BCUT2D eigenvalue weighted by Crippen LogP contribution is -2.38. The van der Waals surface area contributed by atoms with Crippen LogP contribution in [-0.4, -0.2) is 81.0 Å². The van der Waals surface area contributed by atoms with Crippen molar-refractivity contribution in [2.45, 2.75) is 0 Å². The summed E-state index contributed by atoms with van der Waals surface area (Å²) in [4.78, 5) is 24.0. The van der Waals surface area contributed by atoms with Crippen molar-refractivity contribution in [1.82, 2.24) is 34.4 Å². The molecule has 176 valence electrons. The largest absolute Gasteiger partial charge is 0.487 e. The van der Waals surface area contributed by atoms with Gasteiger partial charge in [0.2, 0.25) is 17.8 Å². The van der Waals surface area contributed by atoms with Gasteiger partial charge in [-0.05, 0) is 12.1 Å². The van der Waals surface area contributed by atoms with Gasteiger partial charge in [0.05, 0.1) is 43.2 Å². The van der Waals surface area contributed by atoms with Crippen LogP contribution in [0.15, 0.2) is 42.9 Å². The minimum absolute atomic E-state index is 0.292. The number of fused-ring (bicyclic) bond motifs is 1. The van der Waals surface area contributed by atoms with Crippen LogP contribution in [0.1, 0.15) is 0 Å². The van der Waals surface area contributed by atoms with E-state index < -0.39 is 0 Å². The van der Waals surface area contributed by atoms with E-state index in [4.69, 9.17) is 19.9 Å². The molecule has 3 N–H and O–H groups in total. The summed E-state index contributed by atoms with van der Waals surface area (Å²) in [7, 11) is 1.56. The van der Waals surface area contributed by atoms with Crippen LogP contribution in [0.5, 0.6) is 11.6 Å². The third-order valence-corrected chi connectivity index (χ3v) is 5.38. The first kappa shape index (κ1) is 21.8. The van der Waals surface area contributed by atoms with Gasteiger partial charge in [0.1, 0.15) is 12.9 Å². The number of para-hydroxylation sites is 2. The minimum atomic E-state index is 0.292. The molecule has 1 aliphatic rings. The molecule has 3 aromatic heterocycles. The van der Waals surface area contributed by atoms with Crippen LogP contribution < -0.4 is 20.5 Å². The maximum atomic E-state index is 6.12. The molecule has 0 unspecified atom stereocenters. The summed E-state index contributed by atoms with van der Waals surface area (Å²) < 4.78 is 18.4. The Morgan fingerprint density at radius 2 is 1.97 bits per heavy atom. The molecule has 0 aliphatic carbocycles. The number of ether oxygens (including phenoxy) is 3. The first-order chi connectivity index (χ1) is 16.7. The molecule has 1 aliphatic heterocycles. The van der Waals surface area contributed by atoms with Crippen LogP contribution in [0.4, 0.5) is 17.6 Å². The van der Waals surface area contributed by atoms with Crippen LogP contribution in [0.3, 0.4) is 0 Å². The van der Waals surface area contributed by atoms with Gasteiger partial charge in [-0.2, -0.15) is 4.98 Å². The van der Waals surface area contributed by atoms with E-state index in [1.54, 1.807) is 23.9 Å². The molecule has 0 saturated carbocycles. The molecule has 1 aromatic carbocycles. The maximum Gasteiger partial charge on any atom is 0.256 e. The monoisotopic (exact) mass is 463 g/mol. The number of nitrogens with one attached hydrogen (secondary N) is 1. The van der Waals surface area contributed by atoms with Gasteiger partial charge >= 0.3 is 0 Å². The van der Waals surface area contributed by atoms with Crippen molar-refractivity contribution in [1.29, 1.82) is 0 Å². The van der Waals surface area contributed by atoms with E-state index in [1.165, 1.54) is 6.33 Å². The quantitative estimate of drug-likeness (QED) is 0.394. The molecule has 0 radical (unpaired) electrons. The molecular weight excluding hydrogens is 438 g/mol. The van der Waals surface area contributed by atoms with E-state index in [2.05, 4.69) is 35.1 Å². The Balaban J connectivity index is 1.33. The summed E-state index contributed by atoms with van der Waals surface area (Å²) >= 11 is 0. The molecule has 1 fully saturated rings. The average Bonchev–Trinajstić information content (AvgIpc) is 3.21. The number of nitrogen functional groups attached to an aromatic ring is 1. The summed E-state index contributed by atoms with van der Waals surface area (Å²) in [5.74, 6) is 1.90. The molecule has 1 saturated heterocycles. The topological polar surface area (TPSA) is 138 Å². The Morgan fingerprint density at radius 3 is 2.82 bits per heavy atom. The maximum absolute atomic E-state index is 6.12. The smallest absolute Gasteiger partial charge is 0.256 e. The lowest BCUT2D eigenvalue weighted by molar-refractivity contribution is 0.0321. The number of benzene rings is 1. The zero-order valence-electron chi connectivity index (χ0n) is 18.7. The number of nitrogens with two attached hydrogens (primary N) is 1. The predicted octanol–water partition coefficient (Wildman–Crippen LogP) is 1.65. The van der Waals surface area contributed by atoms with Gasteiger partial charge in [-0.15, -0.1) is 0 Å². The third-order valence-electron chi connectivity index (χ3n) is 5.38. The van der Waals surface area contributed by atoms with E-state index in [0.717, 1.165) is 43.9 Å². The zero-order valence-corrected chi connectivity index (χ0v) is 18.7. The number of methoxy groups -OCH3 is 1. The normalized spacial score (nSPS) is 14.3. The number of imidazole rings is 1. The number of pyridine rings is 1. The molecule has 34 heavy (non-hydrogen) atoms. The van der Waals surface area contributed by atoms with Crippen LogP contribution in [0, 0.1) is 0 Å². The Hall–Kier alpha value is -4.03. The van der Waals surface area contributed by atoms with E-state index in [0.29, 0.717) is 41.8 Å². The van der Waals surface area contributed by atoms with E-state index in [9.17, 15) is 0 Å². The fourth-order valence-corrected chi connectivity index (χ4v) is 3.71. The Labute approximate surface area is 195 Å². The number of rotatable bonds is 8. The fraction of sp³-hybridized carbons (Fsp3) is 0.318. The average molecular weight is 464 g/mol. The highest BCUT2D eigenvalue weighted by Gasteiger charge is 2.15. The standard InChI is InChI=1S/C22H25N9O3/c1-32-19-18(34-11-8-30-6-9-33-10-7-30)12-15(13-24-19)27-21-25-14-26-22(29-21)31-17-5-3-2-4-16(17)28-20(31)23/h2-5,12-14H,6-11H2,1H3,(H2,23,28)(H,25,26,27,29). The van der Waals surface area contributed by atoms with Crippen molar-refractivity contribution in [2.24, 2.45) is 0 Å². The van der Waals surface area contributed by atoms with Gasteiger partial charge in [0.15, 0.2) is 5.75 Å². The summed E-state index contributed by atoms with van der Waals surface area (Å²) in [5.41, 5.74) is 8.32. The van der Waals surface area contributed by atoms with Gasteiger partial charge in [-0.25, -0.2) is 24.5 Å². The summed E-state index contributed by atoms with van der Waals surface area (Å²) in [6, 6.07) is 9.39. The van der Waals surface area contributed by atoms with Crippen molar-refractivity contribution in [3.8, 4) is 17.6 Å². The first-order valence-electron chi connectivity index (χ1n) is 10.9. The molecule has 12 heteroatoms. The molecule has 4 aromatic rings. The van der Waals surface area contributed by atoms with E-state index >= 15 is 0 Å². The molecule has 4 heterocycles. The number of aromatic nitrogens is 6. The molecular formula is C22H25N9O3. The fourth-order valence-electron chi connectivity index (χ4n) is 3.71. The Bertz CT molecular complexity index is 1270. The van der Waals surface area contributed by atoms with Crippen molar-refractivity contribution < 1.29 is 14.2 Å². The lowest BCUT2D eigenvalue weighted by atomic mass is 10.3. The summed E-state index contributed by atoms with van der Waals surface area (Å²) in [5, 5.41) is 3.14. The number of hydrogen-bond acceptors (Lipinski definition) is 11. The molecule has 0 atom stereocenters. The van der Waals surface area contributed by atoms with Gasteiger partial charge < -0.3 is 25.3 Å². The first-order valence-corrected chi connectivity index (χ1v) is 10.9. The molecule has 0 amide bonds. The van der Waals surface area contributed by atoms with E-state index in [1.807, 2.05) is 24.3 Å². The van der Waals surface area contributed by atoms with Crippen molar-refractivity contribution >= 4 is 28.6 Å². The second kappa shape index (κ2) is 9.85. The number of morpholine rings is 1. The van der Waals surface area contributed by atoms with Gasteiger partial charge in [0.25, 0.3) is 5.88 Å². The second-order valence-electron chi connectivity index (χ2n) is 7.56. The van der Waals surface area contributed by atoms with Gasteiger partial charge in [-0.1, -0.05) is 12.1 Å². The van der Waals surface area contributed by atoms with Crippen molar-refractivity contribution in [3.63, 3.8) is 0 Å². The minimum Gasteiger partial charge on any atom is -0.487 e. The van der Waals surface area contributed by atoms with Gasteiger partial charge in [-0.3, -0.25) is 4.90 Å². The second-order valence-corrected chi connectivity index (χ2v) is 7.56. The van der Waals surface area contributed by atoms with Gasteiger partial charge in [0, 0.05) is 25.7 Å². The number of hydrogen-bond donors (Lipinski definition) is 2. The SMILES string of the molecule is COc1ncc(Nc2ncnc(-n3c(N)nc4ccccc43)n2)cc1OCCN1CCOCC1. The third kappa shape index (κ3) is 4.67. The van der Waals surface area contributed by atoms with Crippen LogP contribution in [-0.2, 0) is 4.74 Å². The molecule has 5 rings (SSSR count). The van der Waals surface area contributed by atoms with Crippen molar-refractivity contribution in [3.05, 3.63) is 42.9 Å². The molecule has 12 nitrogen and oxygen atoms in total. The number of anilines is 3. The Morgan fingerprint density at radius 1 is 1.12 bits per heavy atom. The van der Waals surface area contributed by atoms with E-state index in [-0.39, 0.29) is 0 Å². The highest BCUT2D eigenvalue weighted by Crippen LogP contribution is 2.28. The summed E-state index contributed by atoms with van der Waals surface area (Å²) in [6.07, 6.45) is 3.04. The highest BCUT2D eigenvalue weighted by atomic mass is 16.5. The zero-order chi connectivity index (χ0) is 23.3.